The van der Waals surface area contributed by atoms with Crippen molar-refractivity contribution in [2.24, 2.45) is 5.41 Å². The van der Waals surface area contributed by atoms with Gasteiger partial charge < -0.3 is 14.6 Å². The molecule has 0 aliphatic carbocycles. The summed E-state index contributed by atoms with van der Waals surface area (Å²) in [6.07, 6.45) is 0.376. The van der Waals surface area contributed by atoms with E-state index in [4.69, 9.17) is 16.3 Å². The Bertz CT molecular complexity index is 2050. The van der Waals surface area contributed by atoms with Crippen LogP contribution in [-0.4, -0.2) is 45.1 Å². The SMILES string of the molecule is COc1cc(=O)n(Cc2cc3nccc(-c4cc(Cl)cc5ccn(CC6(C#N)CCNCC6)c45)c3s2)c(=O)n1CC(F)(F)F. The molecular weight excluding hydrogens is 617 g/mol. The number of hydrogen-bond acceptors (Lipinski definition) is 7. The first-order valence-electron chi connectivity index (χ1n) is 13.7. The molecule has 4 aromatic heterocycles. The fourth-order valence-corrected chi connectivity index (χ4v) is 7.21. The highest BCUT2D eigenvalue weighted by molar-refractivity contribution is 7.19. The quantitative estimate of drug-likeness (QED) is 0.255. The number of ether oxygens (including phenoxy) is 1. The van der Waals surface area contributed by atoms with Gasteiger partial charge in [0.05, 0.1) is 46.9 Å². The average Bonchev–Trinajstić information content (AvgIpc) is 3.59. The van der Waals surface area contributed by atoms with Gasteiger partial charge in [-0.3, -0.25) is 18.9 Å². The second-order valence-corrected chi connectivity index (χ2v) is 12.4. The Morgan fingerprint density at radius 1 is 1.14 bits per heavy atom. The van der Waals surface area contributed by atoms with Crippen LogP contribution in [-0.2, 0) is 19.6 Å². The van der Waals surface area contributed by atoms with Crippen LogP contribution < -0.4 is 21.3 Å². The van der Waals surface area contributed by atoms with E-state index in [2.05, 4.69) is 20.9 Å². The minimum atomic E-state index is -4.70. The summed E-state index contributed by atoms with van der Waals surface area (Å²) in [6, 6.07) is 12.7. The summed E-state index contributed by atoms with van der Waals surface area (Å²) in [5, 5.41) is 14.9. The van der Waals surface area contributed by atoms with Crippen LogP contribution >= 0.6 is 22.9 Å². The van der Waals surface area contributed by atoms with Gasteiger partial charge in [0.15, 0.2) is 0 Å². The number of hydrogen-bond donors (Lipinski definition) is 1. The monoisotopic (exact) mass is 642 g/mol. The topological polar surface area (TPSA) is 107 Å². The van der Waals surface area contributed by atoms with Crippen LogP contribution in [0.4, 0.5) is 13.2 Å². The van der Waals surface area contributed by atoms with Crippen molar-refractivity contribution in [1.29, 1.82) is 5.26 Å². The molecule has 228 valence electrons. The average molecular weight is 643 g/mol. The number of piperidine rings is 1. The molecule has 1 aliphatic rings. The normalized spacial score (nSPS) is 15.1. The first kappa shape index (κ1) is 29.9. The van der Waals surface area contributed by atoms with Crippen molar-refractivity contribution in [3.05, 3.63) is 79.5 Å². The number of aromatic nitrogens is 4. The third-order valence-electron chi connectivity index (χ3n) is 7.95. The zero-order valence-electron chi connectivity index (χ0n) is 23.4. The standard InChI is InChI=1S/C30H26ClF3N6O3S/c1-43-25-13-24(41)39(28(42)40(25)17-30(32,33)34)14-20-12-23-27(44-20)21(2-6-37-23)22-11-19(31)10-18-3-9-38(26(18)22)16-29(15-35)4-7-36-8-5-29/h2-3,6,9-13,36H,4-5,7-8,14,16-17H2,1H3. The molecule has 5 heterocycles. The number of halogens is 4. The van der Waals surface area contributed by atoms with E-state index in [9.17, 15) is 28.0 Å². The van der Waals surface area contributed by atoms with Crippen LogP contribution in [0.3, 0.4) is 0 Å². The Balaban J connectivity index is 1.45. The van der Waals surface area contributed by atoms with E-state index >= 15 is 0 Å². The summed E-state index contributed by atoms with van der Waals surface area (Å²) in [7, 11) is 1.10. The number of nitrogens with zero attached hydrogens (tertiary/aromatic N) is 5. The van der Waals surface area contributed by atoms with E-state index in [1.54, 1.807) is 12.3 Å². The van der Waals surface area contributed by atoms with Crippen molar-refractivity contribution < 1.29 is 17.9 Å². The Labute approximate surface area is 257 Å². The lowest BCUT2D eigenvalue weighted by atomic mass is 9.80. The van der Waals surface area contributed by atoms with Gasteiger partial charge in [0.25, 0.3) is 5.56 Å². The fraction of sp³-hybridized carbons (Fsp3) is 0.333. The van der Waals surface area contributed by atoms with E-state index in [-0.39, 0.29) is 6.54 Å². The van der Waals surface area contributed by atoms with Crippen LogP contribution in [0.5, 0.6) is 5.88 Å². The number of nitrogens with one attached hydrogen (secondary N) is 1. The highest BCUT2D eigenvalue weighted by Crippen LogP contribution is 2.40. The highest BCUT2D eigenvalue weighted by atomic mass is 35.5. The largest absolute Gasteiger partial charge is 0.482 e. The summed E-state index contributed by atoms with van der Waals surface area (Å²) >= 11 is 7.85. The fourth-order valence-electron chi connectivity index (χ4n) is 5.86. The number of nitriles is 1. The van der Waals surface area contributed by atoms with E-state index in [1.165, 1.54) is 11.3 Å². The van der Waals surface area contributed by atoms with Gasteiger partial charge in [-0.2, -0.15) is 18.4 Å². The van der Waals surface area contributed by atoms with Gasteiger partial charge in [-0.1, -0.05) is 11.6 Å². The van der Waals surface area contributed by atoms with Crippen molar-refractivity contribution in [3.8, 4) is 23.1 Å². The predicted octanol–water partition coefficient (Wildman–Crippen LogP) is 5.41. The Kier molecular flexibility index (Phi) is 7.77. The summed E-state index contributed by atoms with van der Waals surface area (Å²) in [5.41, 5.74) is 0.721. The predicted molar refractivity (Wildman–Crippen MR) is 162 cm³/mol. The second-order valence-electron chi connectivity index (χ2n) is 10.9. The number of alkyl halides is 3. The maximum absolute atomic E-state index is 13.2. The third-order valence-corrected chi connectivity index (χ3v) is 9.31. The summed E-state index contributed by atoms with van der Waals surface area (Å²) in [4.78, 5) is 30.9. The lowest BCUT2D eigenvalue weighted by molar-refractivity contribution is -0.142. The van der Waals surface area contributed by atoms with Crippen molar-refractivity contribution in [3.63, 3.8) is 0 Å². The molecule has 44 heavy (non-hydrogen) atoms. The smallest absolute Gasteiger partial charge is 0.406 e. The molecule has 0 amide bonds. The van der Waals surface area contributed by atoms with Gasteiger partial charge in [0, 0.05) is 45.4 Å². The minimum absolute atomic E-state index is 0.250. The summed E-state index contributed by atoms with van der Waals surface area (Å²) in [5.74, 6) is -0.468. The highest BCUT2D eigenvalue weighted by Gasteiger charge is 2.33. The lowest BCUT2D eigenvalue weighted by Crippen LogP contribution is -2.42. The lowest BCUT2D eigenvalue weighted by Gasteiger charge is -2.32. The first-order valence-corrected chi connectivity index (χ1v) is 14.9. The molecule has 1 N–H and O–H groups in total. The maximum atomic E-state index is 13.2. The number of fused-ring (bicyclic) bond motifs is 2. The van der Waals surface area contributed by atoms with Crippen LogP contribution in [0.25, 0.3) is 32.2 Å². The molecule has 0 radical (unpaired) electrons. The van der Waals surface area contributed by atoms with Crippen molar-refractivity contribution in [1.82, 2.24) is 24.0 Å². The Morgan fingerprint density at radius 2 is 1.91 bits per heavy atom. The van der Waals surface area contributed by atoms with Crippen LogP contribution in [0.1, 0.15) is 17.7 Å². The third kappa shape index (κ3) is 5.60. The van der Waals surface area contributed by atoms with Crippen molar-refractivity contribution >= 4 is 44.1 Å². The number of benzene rings is 1. The molecule has 1 fully saturated rings. The Hall–Kier alpha value is -4.12. The van der Waals surface area contributed by atoms with Gasteiger partial charge in [0.2, 0.25) is 5.88 Å². The minimum Gasteiger partial charge on any atom is -0.482 e. The molecule has 0 atom stereocenters. The van der Waals surface area contributed by atoms with Gasteiger partial charge in [-0.05, 0) is 56.3 Å². The molecule has 0 saturated carbocycles. The molecular formula is C30H26ClF3N6O3S. The molecule has 0 unspecified atom stereocenters. The van der Waals surface area contributed by atoms with E-state index in [0.29, 0.717) is 26.5 Å². The van der Waals surface area contributed by atoms with E-state index < -0.39 is 35.3 Å². The summed E-state index contributed by atoms with van der Waals surface area (Å²) in [6.45, 7) is 0.208. The zero-order chi connectivity index (χ0) is 31.2. The molecule has 1 aliphatic heterocycles. The van der Waals surface area contributed by atoms with Gasteiger partial charge >= 0.3 is 11.9 Å². The van der Waals surface area contributed by atoms with Crippen molar-refractivity contribution in [2.45, 2.75) is 38.7 Å². The van der Waals surface area contributed by atoms with Gasteiger partial charge in [0.1, 0.15) is 6.54 Å². The Morgan fingerprint density at radius 3 is 2.61 bits per heavy atom. The molecule has 1 saturated heterocycles. The van der Waals surface area contributed by atoms with E-state index in [1.807, 2.05) is 30.5 Å². The van der Waals surface area contributed by atoms with Gasteiger partial charge in [-0.15, -0.1) is 11.3 Å². The summed E-state index contributed by atoms with van der Waals surface area (Å²) < 4.78 is 48.5. The van der Waals surface area contributed by atoms with Crippen molar-refractivity contribution in [2.75, 3.05) is 20.2 Å². The number of pyridine rings is 1. The van der Waals surface area contributed by atoms with E-state index in [0.717, 1.165) is 70.4 Å². The van der Waals surface area contributed by atoms with Crippen LogP contribution in [0, 0.1) is 16.7 Å². The molecule has 9 nitrogen and oxygen atoms in total. The van der Waals surface area contributed by atoms with Crippen LogP contribution in [0.2, 0.25) is 5.02 Å². The zero-order valence-corrected chi connectivity index (χ0v) is 25.0. The second kappa shape index (κ2) is 11.4. The number of rotatable bonds is 7. The number of thiophene rings is 1. The maximum Gasteiger partial charge on any atom is 0.406 e. The molecule has 14 heteroatoms. The number of methoxy groups -OCH3 is 1. The molecule has 0 spiro atoms. The molecule has 1 aromatic carbocycles. The molecule has 5 aromatic rings. The molecule has 6 rings (SSSR count). The molecule has 0 bridgehead atoms. The van der Waals surface area contributed by atoms with Gasteiger partial charge in [-0.25, -0.2) is 4.79 Å². The van der Waals surface area contributed by atoms with Crippen LogP contribution in [0.15, 0.2) is 58.4 Å². The first-order chi connectivity index (χ1) is 21.0.